The molecule has 0 aliphatic rings. The van der Waals surface area contributed by atoms with E-state index in [0.29, 0.717) is 0 Å². The van der Waals surface area contributed by atoms with Gasteiger partial charge >= 0.3 is 0 Å². The molecule has 0 aromatic carbocycles. The van der Waals surface area contributed by atoms with E-state index >= 15 is 0 Å². The smallest absolute Gasteiger partial charge is 0.245 e. The van der Waals surface area contributed by atoms with Gasteiger partial charge in [-0.15, -0.1) is 0 Å². The van der Waals surface area contributed by atoms with E-state index in [-0.39, 0.29) is 0 Å². The van der Waals surface area contributed by atoms with E-state index in [4.69, 9.17) is 15.3 Å². The quantitative estimate of drug-likeness (QED) is 0.262. The molecule has 12 heavy (non-hydrogen) atoms. The predicted molar refractivity (Wildman–Crippen MR) is 38.2 cm³/mol. The zero-order valence-corrected chi connectivity index (χ0v) is 5.86. The summed E-state index contributed by atoms with van der Waals surface area (Å²) >= 11 is 0. The van der Waals surface area contributed by atoms with Crippen LogP contribution in [0.3, 0.4) is 0 Å². The van der Waals surface area contributed by atoms with Crippen LogP contribution in [0.15, 0.2) is 35.9 Å². The minimum atomic E-state index is -1.75. The van der Waals surface area contributed by atoms with Crippen molar-refractivity contribution in [1.82, 2.24) is 0 Å². The molecule has 7 nitrogen and oxygen atoms in total. The molecule has 0 bridgehead atoms. The topological polar surface area (TPSA) is 99.5 Å². The predicted octanol–water partition coefficient (Wildman–Crippen LogP) is 0.265. The first-order chi connectivity index (χ1) is 5.66. The lowest BCUT2D eigenvalue weighted by atomic mass is 10.5. The van der Waals surface area contributed by atoms with Gasteiger partial charge in [0.25, 0.3) is 0 Å². The number of nitrogens with zero attached hydrogens (tertiary/aromatic N) is 3. The van der Waals surface area contributed by atoms with Crippen LogP contribution in [-0.2, 0) is 0 Å². The minimum absolute atomic E-state index is 1.19. The number of pyridine rings is 1. The number of hydrogen-bond donors (Lipinski definition) is 0. The second-order valence-electron chi connectivity index (χ2n) is 1.56. The van der Waals surface area contributed by atoms with Crippen molar-refractivity contribution in [2.75, 3.05) is 0 Å². The normalized spacial score (nSPS) is 7.67. The number of hydrogen-bond acceptors (Lipinski definition) is 5. The lowest BCUT2D eigenvalue weighted by Gasteiger charge is -1.74. The summed E-state index contributed by atoms with van der Waals surface area (Å²) in [5.74, 6) is 0. The third-order valence-electron chi connectivity index (χ3n) is 0.794. The van der Waals surface area contributed by atoms with Crippen molar-refractivity contribution in [2.45, 2.75) is 0 Å². The average Bonchev–Trinajstić information content (AvgIpc) is 2.05. The Labute approximate surface area is 66.9 Å². The first kappa shape index (κ1) is 9.95. The average molecular weight is 171 g/mol. The molecule has 0 saturated carbocycles. The molecule has 1 rings (SSSR count). The van der Waals surface area contributed by atoms with Crippen LogP contribution in [0.25, 0.3) is 0 Å². The Morgan fingerprint density at radius 3 is 1.83 bits per heavy atom. The Kier molecular flexibility index (Phi) is 4.74. The van der Waals surface area contributed by atoms with E-state index in [2.05, 4.69) is 5.29 Å². The van der Waals surface area contributed by atoms with Gasteiger partial charge in [0.2, 0.25) is 17.7 Å². The lowest BCUT2D eigenvalue weighted by Crippen LogP contribution is -2.23. The minimum Gasteiger partial charge on any atom is -0.356 e. The second-order valence-corrected chi connectivity index (χ2v) is 1.56. The summed E-state index contributed by atoms with van der Waals surface area (Å²) in [7, 11) is 0. The van der Waals surface area contributed by atoms with Crippen molar-refractivity contribution in [3.63, 3.8) is 0 Å². The van der Waals surface area contributed by atoms with Gasteiger partial charge in [0.15, 0.2) is 0 Å². The summed E-state index contributed by atoms with van der Waals surface area (Å²) in [5, 5.41) is 17.4. The first-order valence-corrected chi connectivity index (χ1v) is 2.78. The highest BCUT2D eigenvalue weighted by Crippen LogP contribution is 1.73. The van der Waals surface area contributed by atoms with Crippen molar-refractivity contribution in [3.05, 3.63) is 50.8 Å². The Morgan fingerprint density at radius 2 is 1.58 bits per heavy atom. The zero-order chi connectivity index (χ0) is 9.40. The van der Waals surface area contributed by atoms with Gasteiger partial charge in [-0.25, -0.2) is 0 Å². The highest BCUT2D eigenvalue weighted by atomic mass is 16.9. The van der Waals surface area contributed by atoms with Gasteiger partial charge in [0.1, 0.15) is 0 Å². The van der Waals surface area contributed by atoms with Crippen LogP contribution in [0.2, 0.25) is 0 Å². The Morgan fingerprint density at radius 1 is 1.17 bits per heavy atom. The van der Waals surface area contributed by atoms with E-state index < -0.39 is 5.09 Å². The van der Waals surface area contributed by atoms with Crippen LogP contribution in [-0.4, -0.2) is 5.09 Å². The van der Waals surface area contributed by atoms with Crippen LogP contribution in [0, 0.1) is 20.2 Å². The fourth-order valence-electron chi connectivity index (χ4n) is 0.444. The van der Waals surface area contributed by atoms with Gasteiger partial charge in [0.05, 0.1) is 5.09 Å². The van der Waals surface area contributed by atoms with E-state index in [0.717, 1.165) is 0 Å². The third kappa shape index (κ3) is 6.08. The van der Waals surface area contributed by atoms with Crippen LogP contribution in [0.4, 0.5) is 0 Å². The fraction of sp³-hybridized carbons (Fsp3) is 0. The van der Waals surface area contributed by atoms with Crippen molar-refractivity contribution >= 4 is 0 Å². The highest BCUT2D eigenvalue weighted by molar-refractivity contribution is 4.83. The molecule has 1 heterocycles. The molecule has 0 fully saturated rings. The molecule has 64 valence electrons. The molecule has 0 N–H and O–H groups in total. The number of rotatable bonds is 1. The molecule has 0 amide bonds. The molecular formula is C5H5N3O4. The second kappa shape index (κ2) is 5.71. The Balaban J connectivity index is 0.000000261. The van der Waals surface area contributed by atoms with E-state index in [1.807, 2.05) is 6.07 Å². The molecule has 1 aromatic heterocycles. The maximum Gasteiger partial charge on any atom is 0.245 e. The van der Waals surface area contributed by atoms with Gasteiger partial charge in [-0.2, -0.15) is 0 Å². The number of aromatic nitrogens is 1. The summed E-state index contributed by atoms with van der Waals surface area (Å²) in [5.41, 5.74) is 0. The van der Waals surface area contributed by atoms with E-state index in [9.17, 15) is 4.91 Å². The van der Waals surface area contributed by atoms with Crippen molar-refractivity contribution in [3.8, 4) is 0 Å². The molecular weight excluding hydrogens is 166 g/mol. The zero-order valence-electron chi connectivity index (χ0n) is 5.86. The maximum atomic E-state index is 9.72. The molecule has 0 unspecified atom stereocenters. The van der Waals surface area contributed by atoms with Gasteiger partial charge in [-0.1, -0.05) is 11.0 Å². The molecule has 7 heteroatoms. The highest BCUT2D eigenvalue weighted by Gasteiger charge is 1.89. The van der Waals surface area contributed by atoms with E-state index in [1.165, 1.54) is 4.68 Å². The largest absolute Gasteiger partial charge is 0.356 e. The third-order valence-corrected chi connectivity index (χ3v) is 0.794. The first-order valence-electron chi connectivity index (χ1n) is 2.78. The van der Waals surface area contributed by atoms with Gasteiger partial charge in [-0.05, 0) is 4.68 Å². The molecule has 0 spiro atoms. The van der Waals surface area contributed by atoms with Gasteiger partial charge in [-0.3, -0.25) is 0 Å². The van der Waals surface area contributed by atoms with Crippen LogP contribution in [0.5, 0.6) is 0 Å². The summed E-state index contributed by atoms with van der Waals surface area (Å²) < 4.78 is 1.19. The SMILES string of the molecule is O=N[n+]1ccccc1.O=[N+]([O-])[O-]. The Bertz CT molecular complexity index is 246. The van der Waals surface area contributed by atoms with E-state index in [1.54, 1.807) is 24.5 Å². The van der Waals surface area contributed by atoms with Crippen molar-refractivity contribution in [1.29, 1.82) is 0 Å². The molecule has 1 aromatic rings. The number of nitroso groups, excluding NO2 is 1. The van der Waals surface area contributed by atoms with Gasteiger partial charge in [0, 0.05) is 12.1 Å². The van der Waals surface area contributed by atoms with Gasteiger partial charge < -0.3 is 15.3 Å². The Hall–Kier alpha value is -2.05. The summed E-state index contributed by atoms with van der Waals surface area (Å²) in [6, 6.07) is 5.30. The summed E-state index contributed by atoms with van der Waals surface area (Å²) in [6.45, 7) is 0. The maximum absolute atomic E-state index is 9.72. The lowest BCUT2D eigenvalue weighted by molar-refractivity contribution is -0.681. The monoisotopic (exact) mass is 171 g/mol. The van der Waals surface area contributed by atoms with Crippen LogP contribution >= 0.6 is 0 Å². The van der Waals surface area contributed by atoms with Crippen molar-refractivity contribution in [2.24, 2.45) is 5.29 Å². The summed E-state index contributed by atoms with van der Waals surface area (Å²) in [6.07, 6.45) is 3.15. The van der Waals surface area contributed by atoms with Crippen LogP contribution in [0.1, 0.15) is 0 Å². The molecule has 0 atom stereocenters. The van der Waals surface area contributed by atoms with Crippen molar-refractivity contribution < 1.29 is 9.76 Å². The molecule has 0 radical (unpaired) electrons. The summed E-state index contributed by atoms with van der Waals surface area (Å²) in [4.78, 5) is 18.0. The fourth-order valence-corrected chi connectivity index (χ4v) is 0.444. The molecule has 0 aliphatic heterocycles. The molecule has 0 saturated heterocycles. The van der Waals surface area contributed by atoms with Crippen LogP contribution < -0.4 is 4.68 Å². The molecule has 0 aliphatic carbocycles. The standard InChI is InChI=1S/C5H5N2O.NO3/c8-6-7-4-2-1-3-5-7;2-1(3)4/h1-5H;/q+1;-1.